The van der Waals surface area contributed by atoms with Crippen LogP contribution in [0.15, 0.2) is 36.5 Å². The van der Waals surface area contributed by atoms with Crippen LogP contribution in [0.2, 0.25) is 5.02 Å². The van der Waals surface area contributed by atoms with Gasteiger partial charge in [0.1, 0.15) is 11.6 Å². The SMILES string of the molecule is COC(=O)c1ccc(NC(=O)c2ccc(Cl)cc2F)nc1. The maximum Gasteiger partial charge on any atom is 0.339 e. The van der Waals surface area contributed by atoms with Gasteiger partial charge in [0.25, 0.3) is 5.91 Å². The van der Waals surface area contributed by atoms with Crippen LogP contribution >= 0.6 is 11.6 Å². The summed E-state index contributed by atoms with van der Waals surface area (Å²) < 4.78 is 18.1. The number of pyridine rings is 1. The lowest BCUT2D eigenvalue weighted by atomic mass is 10.2. The number of halogens is 2. The lowest BCUT2D eigenvalue weighted by Crippen LogP contribution is -2.15. The Morgan fingerprint density at radius 2 is 2.05 bits per heavy atom. The number of benzene rings is 1. The fraction of sp³-hybridized carbons (Fsp3) is 0.0714. The van der Waals surface area contributed by atoms with Crippen LogP contribution in [-0.4, -0.2) is 24.0 Å². The zero-order chi connectivity index (χ0) is 15.4. The van der Waals surface area contributed by atoms with Gasteiger partial charge in [-0.15, -0.1) is 0 Å². The van der Waals surface area contributed by atoms with Crippen molar-refractivity contribution in [3.8, 4) is 0 Å². The fourth-order valence-electron chi connectivity index (χ4n) is 1.56. The van der Waals surface area contributed by atoms with Crippen LogP contribution in [0, 0.1) is 5.82 Å². The number of hydrogen-bond donors (Lipinski definition) is 1. The molecule has 21 heavy (non-hydrogen) atoms. The van der Waals surface area contributed by atoms with Crippen molar-refractivity contribution >= 4 is 29.3 Å². The van der Waals surface area contributed by atoms with Crippen molar-refractivity contribution < 1.29 is 18.7 Å². The van der Waals surface area contributed by atoms with E-state index in [4.69, 9.17) is 11.6 Å². The maximum absolute atomic E-state index is 13.6. The first kappa shape index (κ1) is 14.9. The number of esters is 1. The number of aromatic nitrogens is 1. The molecule has 0 saturated heterocycles. The van der Waals surface area contributed by atoms with Crippen LogP contribution in [0.1, 0.15) is 20.7 Å². The molecule has 1 amide bonds. The summed E-state index contributed by atoms with van der Waals surface area (Å²) in [7, 11) is 1.25. The third-order valence-corrected chi connectivity index (χ3v) is 2.84. The van der Waals surface area contributed by atoms with Crippen molar-refractivity contribution in [3.63, 3.8) is 0 Å². The molecule has 0 aliphatic carbocycles. The van der Waals surface area contributed by atoms with Gasteiger partial charge in [-0.2, -0.15) is 0 Å². The van der Waals surface area contributed by atoms with Gasteiger partial charge in [-0.05, 0) is 30.3 Å². The predicted octanol–water partition coefficient (Wildman–Crippen LogP) is 2.91. The number of nitrogens with zero attached hydrogens (tertiary/aromatic N) is 1. The van der Waals surface area contributed by atoms with E-state index < -0.39 is 17.7 Å². The number of rotatable bonds is 3. The Balaban J connectivity index is 2.14. The van der Waals surface area contributed by atoms with Crippen LogP contribution in [0.3, 0.4) is 0 Å². The first-order valence-electron chi connectivity index (χ1n) is 5.82. The monoisotopic (exact) mass is 308 g/mol. The summed E-state index contributed by atoms with van der Waals surface area (Å²) >= 11 is 5.61. The highest BCUT2D eigenvalue weighted by molar-refractivity contribution is 6.30. The number of methoxy groups -OCH3 is 1. The van der Waals surface area contributed by atoms with Crippen molar-refractivity contribution in [1.82, 2.24) is 4.98 Å². The Bertz CT molecular complexity index is 689. The number of amides is 1. The molecule has 0 unspecified atom stereocenters. The van der Waals surface area contributed by atoms with Crippen LogP contribution < -0.4 is 5.32 Å². The number of carbonyl (C=O) groups excluding carboxylic acids is 2. The van der Waals surface area contributed by atoms with E-state index >= 15 is 0 Å². The molecule has 0 aliphatic heterocycles. The predicted molar refractivity (Wildman–Crippen MR) is 74.9 cm³/mol. The third-order valence-electron chi connectivity index (χ3n) is 2.60. The number of anilines is 1. The van der Waals surface area contributed by atoms with Crippen LogP contribution in [0.4, 0.5) is 10.2 Å². The standard InChI is InChI=1S/C14H10ClFN2O3/c1-21-14(20)8-2-5-12(17-7-8)18-13(19)10-4-3-9(15)6-11(10)16/h2-7H,1H3,(H,17,18,19). The van der Waals surface area contributed by atoms with Gasteiger partial charge in [0.05, 0.1) is 18.2 Å². The number of hydrogen-bond acceptors (Lipinski definition) is 4. The molecule has 1 N–H and O–H groups in total. The van der Waals surface area contributed by atoms with E-state index in [1.165, 1.54) is 37.6 Å². The molecule has 0 radical (unpaired) electrons. The van der Waals surface area contributed by atoms with Crippen molar-refractivity contribution in [2.24, 2.45) is 0 Å². The molecule has 7 heteroatoms. The highest BCUT2D eigenvalue weighted by Crippen LogP contribution is 2.16. The number of ether oxygens (including phenoxy) is 1. The molecular formula is C14H10ClFN2O3. The van der Waals surface area contributed by atoms with Crippen molar-refractivity contribution in [3.05, 3.63) is 58.5 Å². The summed E-state index contributed by atoms with van der Waals surface area (Å²) in [6.07, 6.45) is 1.25. The van der Waals surface area contributed by atoms with Gasteiger partial charge in [0, 0.05) is 11.2 Å². The maximum atomic E-state index is 13.6. The van der Waals surface area contributed by atoms with Crippen LogP contribution in [0.5, 0.6) is 0 Å². The Labute approximate surface area is 124 Å². The molecule has 0 atom stereocenters. The molecular weight excluding hydrogens is 299 g/mol. The Hall–Kier alpha value is -2.47. The number of carbonyl (C=O) groups is 2. The van der Waals surface area contributed by atoms with E-state index in [0.717, 1.165) is 6.07 Å². The van der Waals surface area contributed by atoms with Gasteiger partial charge in [-0.1, -0.05) is 11.6 Å². The van der Waals surface area contributed by atoms with Gasteiger partial charge < -0.3 is 10.1 Å². The molecule has 1 heterocycles. The summed E-state index contributed by atoms with van der Waals surface area (Å²) in [5.74, 6) is -1.75. The molecule has 0 saturated carbocycles. The molecule has 0 bridgehead atoms. The highest BCUT2D eigenvalue weighted by atomic mass is 35.5. The minimum Gasteiger partial charge on any atom is -0.465 e. The van der Waals surface area contributed by atoms with Gasteiger partial charge in [0.15, 0.2) is 0 Å². The zero-order valence-electron chi connectivity index (χ0n) is 10.9. The van der Waals surface area contributed by atoms with Gasteiger partial charge in [0.2, 0.25) is 0 Å². The van der Waals surface area contributed by atoms with E-state index in [0.29, 0.717) is 0 Å². The average Bonchev–Trinajstić information content (AvgIpc) is 2.47. The quantitative estimate of drug-likeness (QED) is 0.885. The smallest absolute Gasteiger partial charge is 0.339 e. The van der Waals surface area contributed by atoms with Crippen molar-refractivity contribution in [2.45, 2.75) is 0 Å². The zero-order valence-corrected chi connectivity index (χ0v) is 11.6. The average molecular weight is 309 g/mol. The summed E-state index contributed by atoms with van der Waals surface area (Å²) in [5.41, 5.74) is 0.0893. The lowest BCUT2D eigenvalue weighted by Gasteiger charge is -2.06. The Kier molecular flexibility index (Phi) is 4.49. The topological polar surface area (TPSA) is 68.3 Å². The van der Waals surface area contributed by atoms with Gasteiger partial charge in [-0.3, -0.25) is 4.79 Å². The molecule has 2 aromatic rings. The van der Waals surface area contributed by atoms with E-state index in [-0.39, 0.29) is 22.0 Å². The Morgan fingerprint density at radius 3 is 2.62 bits per heavy atom. The summed E-state index contributed by atoms with van der Waals surface area (Å²) in [4.78, 5) is 27.0. The second kappa shape index (κ2) is 6.32. The van der Waals surface area contributed by atoms with Crippen LogP contribution in [-0.2, 0) is 4.74 Å². The molecule has 0 aliphatic rings. The second-order valence-electron chi connectivity index (χ2n) is 4.00. The van der Waals surface area contributed by atoms with Crippen molar-refractivity contribution in [2.75, 3.05) is 12.4 Å². The van der Waals surface area contributed by atoms with Gasteiger partial charge in [-0.25, -0.2) is 14.2 Å². The molecule has 0 spiro atoms. The van der Waals surface area contributed by atoms with E-state index in [1.807, 2.05) is 0 Å². The largest absolute Gasteiger partial charge is 0.465 e. The third kappa shape index (κ3) is 3.55. The first-order valence-corrected chi connectivity index (χ1v) is 6.20. The molecule has 1 aromatic heterocycles. The highest BCUT2D eigenvalue weighted by Gasteiger charge is 2.13. The van der Waals surface area contributed by atoms with E-state index in [2.05, 4.69) is 15.0 Å². The molecule has 1 aromatic carbocycles. The summed E-state index contributed by atoms with van der Waals surface area (Å²) in [5, 5.41) is 2.62. The minimum absolute atomic E-state index is 0.154. The normalized spacial score (nSPS) is 10.0. The number of nitrogens with one attached hydrogen (secondary N) is 1. The second-order valence-corrected chi connectivity index (χ2v) is 4.44. The fourth-order valence-corrected chi connectivity index (χ4v) is 1.72. The van der Waals surface area contributed by atoms with Crippen molar-refractivity contribution in [1.29, 1.82) is 0 Å². The minimum atomic E-state index is -0.730. The summed E-state index contributed by atoms with van der Waals surface area (Å²) in [6, 6.07) is 6.58. The van der Waals surface area contributed by atoms with E-state index in [1.54, 1.807) is 0 Å². The van der Waals surface area contributed by atoms with Gasteiger partial charge >= 0.3 is 5.97 Å². The summed E-state index contributed by atoms with van der Waals surface area (Å²) in [6.45, 7) is 0. The Morgan fingerprint density at radius 1 is 1.29 bits per heavy atom. The molecule has 5 nitrogen and oxygen atoms in total. The molecule has 2 rings (SSSR count). The van der Waals surface area contributed by atoms with E-state index in [9.17, 15) is 14.0 Å². The molecule has 108 valence electrons. The molecule has 0 fully saturated rings. The first-order chi connectivity index (χ1) is 10.0. The van der Waals surface area contributed by atoms with Crippen LogP contribution in [0.25, 0.3) is 0 Å². The lowest BCUT2D eigenvalue weighted by molar-refractivity contribution is 0.0600.